The van der Waals surface area contributed by atoms with E-state index in [0.717, 1.165) is 28.1 Å². The van der Waals surface area contributed by atoms with Crippen LogP contribution in [0.15, 0.2) is 91.1 Å². The van der Waals surface area contributed by atoms with Gasteiger partial charge in [0.25, 0.3) is 5.91 Å². The van der Waals surface area contributed by atoms with Crippen LogP contribution in [-0.4, -0.2) is 21.7 Å². The second kappa shape index (κ2) is 9.61. The summed E-state index contributed by atoms with van der Waals surface area (Å²) in [5, 5.41) is 10.3. The first kappa shape index (κ1) is 20.9. The van der Waals surface area contributed by atoms with Crippen LogP contribution in [0, 0.1) is 0 Å². The van der Waals surface area contributed by atoms with Crippen molar-refractivity contribution in [3.63, 3.8) is 0 Å². The third-order valence-corrected chi connectivity index (χ3v) is 4.98. The molecule has 0 radical (unpaired) electrons. The molecule has 0 saturated heterocycles. The van der Waals surface area contributed by atoms with Crippen molar-refractivity contribution in [2.45, 2.75) is 13.1 Å². The lowest BCUT2D eigenvalue weighted by atomic mass is 10.1. The van der Waals surface area contributed by atoms with Crippen molar-refractivity contribution in [3.05, 3.63) is 108 Å². The lowest BCUT2D eigenvalue weighted by molar-refractivity contribution is 0.0951. The quantitative estimate of drug-likeness (QED) is 0.421. The van der Waals surface area contributed by atoms with Gasteiger partial charge in [-0.15, -0.1) is 0 Å². The van der Waals surface area contributed by atoms with Crippen molar-refractivity contribution in [1.82, 2.24) is 20.4 Å². The number of nitrogens with two attached hydrogens (primary N) is 1. The zero-order chi connectivity index (χ0) is 22.3. The number of nitrogens with one attached hydrogen (secondary N) is 2. The average molecular weight is 425 g/mol. The van der Waals surface area contributed by atoms with Crippen LogP contribution in [0.5, 0.6) is 0 Å². The molecule has 0 aliphatic heterocycles. The van der Waals surface area contributed by atoms with E-state index in [1.807, 2.05) is 71.5 Å². The van der Waals surface area contributed by atoms with Crippen molar-refractivity contribution < 1.29 is 9.59 Å². The first-order valence-electron chi connectivity index (χ1n) is 10.2. The second-order valence-corrected chi connectivity index (χ2v) is 7.25. The van der Waals surface area contributed by atoms with Crippen molar-refractivity contribution in [1.29, 1.82) is 0 Å². The first-order valence-corrected chi connectivity index (χ1v) is 10.2. The molecule has 3 amide bonds. The van der Waals surface area contributed by atoms with Gasteiger partial charge in [-0.3, -0.25) is 4.79 Å². The van der Waals surface area contributed by atoms with Gasteiger partial charge in [0.1, 0.15) is 0 Å². The number of aromatic nitrogens is 2. The third kappa shape index (κ3) is 5.02. The fourth-order valence-electron chi connectivity index (χ4n) is 3.33. The number of para-hydroxylation sites is 1. The molecule has 0 bridgehead atoms. The van der Waals surface area contributed by atoms with Crippen molar-refractivity contribution in [2.24, 2.45) is 5.73 Å². The Morgan fingerprint density at radius 1 is 0.812 bits per heavy atom. The number of benzene rings is 3. The van der Waals surface area contributed by atoms with Gasteiger partial charge in [0.2, 0.25) is 0 Å². The average Bonchev–Trinajstić information content (AvgIpc) is 3.27. The molecule has 3 aromatic carbocycles. The zero-order valence-electron chi connectivity index (χ0n) is 17.4. The largest absolute Gasteiger partial charge is 0.352 e. The van der Waals surface area contributed by atoms with Gasteiger partial charge in [0.05, 0.1) is 11.4 Å². The molecule has 0 atom stereocenters. The summed E-state index contributed by atoms with van der Waals surface area (Å²) in [6, 6.07) is 26.2. The molecule has 0 saturated carbocycles. The van der Waals surface area contributed by atoms with Crippen LogP contribution < -0.4 is 16.4 Å². The standard InChI is InChI=1S/C25H23N5O2/c26-25(32)28-15-18-11-13-20(14-12-18)24(31)27-16-21-17-30(22-9-5-2-6-10-22)29-23(21)19-7-3-1-4-8-19/h1-14,17H,15-16H2,(H,27,31)(H3,26,28,32). The van der Waals surface area contributed by atoms with Crippen molar-refractivity contribution >= 4 is 11.9 Å². The molecule has 1 aromatic heterocycles. The molecule has 160 valence electrons. The Kier molecular flexibility index (Phi) is 6.27. The van der Waals surface area contributed by atoms with Gasteiger partial charge in [-0.05, 0) is 29.8 Å². The number of urea groups is 1. The SMILES string of the molecule is NC(=O)NCc1ccc(C(=O)NCc2cn(-c3ccccc3)nc2-c2ccccc2)cc1. The molecule has 0 aliphatic rings. The molecule has 0 aliphatic carbocycles. The van der Waals surface area contributed by atoms with E-state index in [9.17, 15) is 9.59 Å². The molecule has 1 heterocycles. The predicted octanol–water partition coefficient (Wildman–Crippen LogP) is 3.64. The summed E-state index contributed by atoms with van der Waals surface area (Å²) < 4.78 is 1.82. The Bertz CT molecular complexity index is 1200. The molecule has 4 N–H and O–H groups in total. The minimum atomic E-state index is -0.586. The molecule has 4 rings (SSSR count). The van der Waals surface area contributed by atoms with Gasteiger partial charge in [-0.25, -0.2) is 9.48 Å². The van der Waals surface area contributed by atoms with E-state index in [1.54, 1.807) is 24.3 Å². The minimum absolute atomic E-state index is 0.189. The minimum Gasteiger partial charge on any atom is -0.352 e. The lowest BCUT2D eigenvalue weighted by Gasteiger charge is -2.07. The fourth-order valence-corrected chi connectivity index (χ4v) is 3.33. The van der Waals surface area contributed by atoms with E-state index in [-0.39, 0.29) is 5.91 Å². The number of rotatable bonds is 7. The summed E-state index contributed by atoms with van der Waals surface area (Å²) >= 11 is 0. The topological polar surface area (TPSA) is 102 Å². The maximum atomic E-state index is 12.7. The zero-order valence-corrected chi connectivity index (χ0v) is 17.4. The summed E-state index contributed by atoms with van der Waals surface area (Å²) in [6.07, 6.45) is 1.94. The lowest BCUT2D eigenvalue weighted by Crippen LogP contribution is -2.28. The van der Waals surface area contributed by atoms with E-state index < -0.39 is 6.03 Å². The molecule has 4 aromatic rings. The number of hydrogen-bond acceptors (Lipinski definition) is 3. The van der Waals surface area contributed by atoms with Gasteiger partial charge < -0.3 is 16.4 Å². The Labute approximate surface area is 185 Å². The van der Waals surface area contributed by atoms with Crippen molar-refractivity contribution in [3.8, 4) is 16.9 Å². The first-order chi connectivity index (χ1) is 15.6. The molecular weight excluding hydrogens is 402 g/mol. The highest BCUT2D eigenvalue weighted by Crippen LogP contribution is 2.23. The Hall–Kier alpha value is -4.39. The molecular formula is C25H23N5O2. The van der Waals surface area contributed by atoms with Gasteiger partial charge in [-0.2, -0.15) is 5.10 Å². The molecule has 0 spiro atoms. The highest BCUT2D eigenvalue weighted by atomic mass is 16.2. The Balaban J connectivity index is 1.51. The van der Waals surface area contributed by atoms with E-state index >= 15 is 0 Å². The van der Waals surface area contributed by atoms with Gasteiger partial charge >= 0.3 is 6.03 Å². The van der Waals surface area contributed by atoms with Crippen LogP contribution in [-0.2, 0) is 13.1 Å². The van der Waals surface area contributed by atoms with Crippen LogP contribution in [0.3, 0.4) is 0 Å². The Morgan fingerprint density at radius 3 is 2.12 bits per heavy atom. The molecule has 0 unspecified atom stereocenters. The molecule has 0 fully saturated rings. The monoisotopic (exact) mass is 425 g/mol. The summed E-state index contributed by atoms with van der Waals surface area (Å²) in [5.41, 5.74) is 10.1. The maximum absolute atomic E-state index is 12.7. The number of hydrogen-bond donors (Lipinski definition) is 3. The van der Waals surface area contributed by atoms with E-state index in [1.165, 1.54) is 0 Å². The normalized spacial score (nSPS) is 10.5. The fraction of sp³-hybridized carbons (Fsp3) is 0.0800. The van der Waals surface area contributed by atoms with Gasteiger partial charge in [0.15, 0.2) is 0 Å². The Morgan fingerprint density at radius 2 is 1.47 bits per heavy atom. The van der Waals surface area contributed by atoms with Gasteiger partial charge in [0, 0.05) is 36.0 Å². The summed E-state index contributed by atoms with van der Waals surface area (Å²) in [4.78, 5) is 23.5. The van der Waals surface area contributed by atoms with E-state index in [4.69, 9.17) is 10.8 Å². The van der Waals surface area contributed by atoms with Crippen LogP contribution >= 0.6 is 0 Å². The number of carbonyl (C=O) groups excluding carboxylic acids is 2. The van der Waals surface area contributed by atoms with Gasteiger partial charge in [-0.1, -0.05) is 60.7 Å². The third-order valence-electron chi connectivity index (χ3n) is 4.98. The summed E-state index contributed by atoms with van der Waals surface area (Å²) in [7, 11) is 0. The number of nitrogens with zero attached hydrogens (tertiary/aromatic N) is 2. The smallest absolute Gasteiger partial charge is 0.312 e. The van der Waals surface area contributed by atoms with Crippen molar-refractivity contribution in [2.75, 3.05) is 0 Å². The maximum Gasteiger partial charge on any atom is 0.312 e. The van der Waals surface area contributed by atoms with E-state index in [0.29, 0.717) is 18.7 Å². The highest BCUT2D eigenvalue weighted by Gasteiger charge is 2.14. The molecule has 32 heavy (non-hydrogen) atoms. The second-order valence-electron chi connectivity index (χ2n) is 7.25. The van der Waals surface area contributed by atoms with Crippen LogP contribution in [0.25, 0.3) is 16.9 Å². The number of amides is 3. The number of primary amides is 1. The van der Waals surface area contributed by atoms with Crippen LogP contribution in [0.4, 0.5) is 4.79 Å². The highest BCUT2D eigenvalue weighted by molar-refractivity contribution is 5.94. The van der Waals surface area contributed by atoms with E-state index in [2.05, 4.69) is 10.6 Å². The summed E-state index contributed by atoms with van der Waals surface area (Å²) in [5.74, 6) is -0.189. The van der Waals surface area contributed by atoms with Crippen LogP contribution in [0.2, 0.25) is 0 Å². The molecule has 7 nitrogen and oxygen atoms in total. The predicted molar refractivity (Wildman–Crippen MR) is 123 cm³/mol. The van der Waals surface area contributed by atoms with Crippen LogP contribution in [0.1, 0.15) is 21.5 Å². The number of carbonyl (C=O) groups is 2. The molecule has 7 heteroatoms. The summed E-state index contributed by atoms with van der Waals surface area (Å²) in [6.45, 7) is 0.650.